The predicted octanol–water partition coefficient (Wildman–Crippen LogP) is 3.94. The lowest BCUT2D eigenvalue weighted by atomic mass is 9.90. The van der Waals surface area contributed by atoms with Gasteiger partial charge >= 0.3 is 0 Å². The highest BCUT2D eigenvalue weighted by Gasteiger charge is 2.28. The molecule has 1 N–H and O–H groups in total. The van der Waals surface area contributed by atoms with Gasteiger partial charge in [-0.2, -0.15) is 5.10 Å². The van der Waals surface area contributed by atoms with E-state index < -0.39 is 0 Å². The number of nitrogens with zero attached hydrogens (tertiary/aromatic N) is 3. The number of piperidine rings is 1. The Balaban J connectivity index is 1.58. The number of aromatic nitrogens is 3. The smallest absolute Gasteiger partial charge is 0.255 e. The minimum absolute atomic E-state index is 0.0214. The Morgan fingerprint density at radius 3 is 2.81 bits per heavy atom. The predicted molar refractivity (Wildman–Crippen MR) is 101 cm³/mol. The van der Waals surface area contributed by atoms with E-state index in [2.05, 4.69) is 15.2 Å². The van der Waals surface area contributed by atoms with Crippen LogP contribution in [0, 0.1) is 12.7 Å². The summed E-state index contributed by atoms with van der Waals surface area (Å²) in [7, 11) is 0. The molecule has 3 aromatic rings. The Morgan fingerprint density at radius 2 is 2.04 bits per heavy atom. The van der Waals surface area contributed by atoms with E-state index in [-0.39, 0.29) is 17.6 Å². The molecule has 1 atom stereocenters. The molecule has 27 heavy (non-hydrogen) atoms. The van der Waals surface area contributed by atoms with Crippen LogP contribution in [0.2, 0.25) is 0 Å². The van der Waals surface area contributed by atoms with Gasteiger partial charge < -0.3 is 4.90 Å². The van der Waals surface area contributed by atoms with Crippen molar-refractivity contribution in [3.63, 3.8) is 0 Å². The molecular weight excluding hydrogens is 343 g/mol. The number of benzene rings is 1. The summed E-state index contributed by atoms with van der Waals surface area (Å²) in [6.07, 6.45) is 7.02. The zero-order valence-electron chi connectivity index (χ0n) is 15.2. The lowest BCUT2D eigenvalue weighted by Gasteiger charge is -2.33. The number of carbonyl (C=O) groups excluding carboxylic acids is 1. The molecule has 0 unspecified atom stereocenters. The second kappa shape index (κ2) is 7.31. The van der Waals surface area contributed by atoms with Gasteiger partial charge in [0.05, 0.1) is 11.8 Å². The van der Waals surface area contributed by atoms with Gasteiger partial charge in [0.1, 0.15) is 5.82 Å². The fourth-order valence-electron chi connectivity index (χ4n) is 3.72. The summed E-state index contributed by atoms with van der Waals surface area (Å²) >= 11 is 0. The van der Waals surface area contributed by atoms with Gasteiger partial charge in [0.15, 0.2) is 0 Å². The minimum atomic E-state index is -0.259. The zero-order chi connectivity index (χ0) is 18.8. The molecule has 0 radical (unpaired) electrons. The summed E-state index contributed by atoms with van der Waals surface area (Å²) < 4.78 is 13.2. The molecule has 0 aliphatic carbocycles. The first-order valence-corrected chi connectivity index (χ1v) is 9.12. The van der Waals surface area contributed by atoms with Crippen LogP contribution in [0.4, 0.5) is 4.39 Å². The second-order valence-electron chi connectivity index (χ2n) is 6.99. The number of H-pyrrole nitrogens is 1. The standard InChI is InChI=1S/C21H21FN4O/c1-14-8-9-23-11-18(14)21(27)26-10-2-3-16(13-26)20-19(12-24-25-20)15-4-6-17(22)7-5-15/h4-9,11-12,16H,2-3,10,13H2,1H3,(H,24,25)/t16-/m0/s1. The summed E-state index contributed by atoms with van der Waals surface area (Å²) in [4.78, 5) is 18.9. The molecule has 6 heteroatoms. The summed E-state index contributed by atoms with van der Waals surface area (Å²) in [5, 5.41) is 7.31. The van der Waals surface area contributed by atoms with E-state index in [0.717, 1.165) is 41.8 Å². The monoisotopic (exact) mass is 364 g/mol. The van der Waals surface area contributed by atoms with Crippen molar-refractivity contribution in [3.8, 4) is 11.1 Å². The highest BCUT2D eigenvalue weighted by Crippen LogP contribution is 2.33. The number of halogens is 1. The van der Waals surface area contributed by atoms with Gasteiger partial charge in [0.25, 0.3) is 5.91 Å². The van der Waals surface area contributed by atoms with E-state index >= 15 is 0 Å². The molecular formula is C21H21FN4O. The van der Waals surface area contributed by atoms with Crippen LogP contribution in [0.5, 0.6) is 0 Å². The first-order chi connectivity index (χ1) is 13.1. The van der Waals surface area contributed by atoms with Gasteiger partial charge in [0.2, 0.25) is 0 Å². The number of pyridine rings is 1. The molecule has 0 spiro atoms. The molecule has 1 aromatic carbocycles. The van der Waals surface area contributed by atoms with Crippen molar-refractivity contribution >= 4 is 5.91 Å². The number of nitrogens with one attached hydrogen (secondary N) is 1. The molecule has 1 saturated heterocycles. The number of likely N-dealkylation sites (tertiary alicyclic amines) is 1. The van der Waals surface area contributed by atoms with Crippen molar-refractivity contribution in [2.75, 3.05) is 13.1 Å². The quantitative estimate of drug-likeness (QED) is 0.766. The van der Waals surface area contributed by atoms with Gasteiger partial charge in [-0.15, -0.1) is 0 Å². The van der Waals surface area contributed by atoms with Crippen LogP contribution >= 0.6 is 0 Å². The maximum absolute atomic E-state index is 13.2. The molecule has 1 fully saturated rings. The van der Waals surface area contributed by atoms with E-state index in [4.69, 9.17) is 0 Å². The summed E-state index contributed by atoms with van der Waals surface area (Å²) in [5.74, 6) is -0.0690. The zero-order valence-corrected chi connectivity index (χ0v) is 15.2. The Bertz CT molecular complexity index is 951. The highest BCUT2D eigenvalue weighted by molar-refractivity contribution is 5.95. The van der Waals surface area contributed by atoms with E-state index in [1.165, 1.54) is 12.1 Å². The van der Waals surface area contributed by atoms with Crippen LogP contribution in [-0.2, 0) is 0 Å². The van der Waals surface area contributed by atoms with Gasteiger partial charge in [-0.05, 0) is 49.1 Å². The first kappa shape index (κ1) is 17.4. The second-order valence-corrected chi connectivity index (χ2v) is 6.99. The number of carbonyl (C=O) groups is 1. The van der Waals surface area contributed by atoms with Crippen molar-refractivity contribution in [2.24, 2.45) is 0 Å². The number of amides is 1. The van der Waals surface area contributed by atoms with E-state index in [0.29, 0.717) is 12.1 Å². The Labute approximate surface area is 157 Å². The molecule has 3 heterocycles. The van der Waals surface area contributed by atoms with Crippen molar-refractivity contribution in [1.82, 2.24) is 20.1 Å². The number of hydrogen-bond acceptors (Lipinski definition) is 3. The lowest BCUT2D eigenvalue weighted by molar-refractivity contribution is 0.0705. The highest BCUT2D eigenvalue weighted by atomic mass is 19.1. The van der Waals surface area contributed by atoms with Crippen molar-refractivity contribution in [2.45, 2.75) is 25.7 Å². The maximum atomic E-state index is 13.2. The Morgan fingerprint density at radius 1 is 1.22 bits per heavy atom. The van der Waals surface area contributed by atoms with Crippen LogP contribution in [0.25, 0.3) is 11.1 Å². The Kier molecular flexibility index (Phi) is 4.71. The third-order valence-electron chi connectivity index (χ3n) is 5.21. The molecule has 138 valence electrons. The minimum Gasteiger partial charge on any atom is -0.338 e. The molecule has 4 rings (SSSR count). The molecule has 0 saturated carbocycles. The topological polar surface area (TPSA) is 61.9 Å². The van der Waals surface area contributed by atoms with E-state index in [1.807, 2.05) is 17.9 Å². The van der Waals surface area contributed by atoms with Crippen molar-refractivity contribution in [3.05, 3.63) is 71.6 Å². The van der Waals surface area contributed by atoms with Crippen molar-refractivity contribution < 1.29 is 9.18 Å². The van der Waals surface area contributed by atoms with Gasteiger partial charge in [-0.1, -0.05) is 12.1 Å². The van der Waals surface area contributed by atoms with Crippen molar-refractivity contribution in [1.29, 1.82) is 0 Å². The number of hydrogen-bond donors (Lipinski definition) is 1. The van der Waals surface area contributed by atoms with Gasteiger partial charge in [0, 0.05) is 42.7 Å². The molecule has 0 bridgehead atoms. The molecule has 1 amide bonds. The third-order valence-corrected chi connectivity index (χ3v) is 5.21. The fraction of sp³-hybridized carbons (Fsp3) is 0.286. The third kappa shape index (κ3) is 3.47. The normalized spacial score (nSPS) is 17.1. The molecule has 2 aromatic heterocycles. The number of aryl methyl sites for hydroxylation is 1. The summed E-state index contributed by atoms with van der Waals surface area (Å²) in [6.45, 7) is 3.30. The maximum Gasteiger partial charge on any atom is 0.255 e. The van der Waals surface area contributed by atoms with Crippen LogP contribution < -0.4 is 0 Å². The lowest BCUT2D eigenvalue weighted by Crippen LogP contribution is -2.39. The van der Waals surface area contributed by atoms with Crippen LogP contribution in [-0.4, -0.2) is 39.1 Å². The Hall–Kier alpha value is -3.02. The van der Waals surface area contributed by atoms with Crippen LogP contribution in [0.3, 0.4) is 0 Å². The SMILES string of the molecule is Cc1ccncc1C(=O)N1CCC[C@H](c2[nH]ncc2-c2ccc(F)cc2)C1. The molecule has 1 aliphatic rings. The summed E-state index contributed by atoms with van der Waals surface area (Å²) in [5.41, 5.74) is 4.48. The largest absolute Gasteiger partial charge is 0.338 e. The van der Waals surface area contributed by atoms with E-state index in [1.54, 1.807) is 30.7 Å². The number of aromatic amines is 1. The van der Waals surface area contributed by atoms with Crippen LogP contribution in [0.1, 0.15) is 40.4 Å². The fourth-order valence-corrected chi connectivity index (χ4v) is 3.72. The van der Waals surface area contributed by atoms with E-state index in [9.17, 15) is 9.18 Å². The average molecular weight is 364 g/mol. The number of rotatable bonds is 3. The molecule has 1 aliphatic heterocycles. The summed E-state index contributed by atoms with van der Waals surface area (Å²) in [6, 6.07) is 8.28. The van der Waals surface area contributed by atoms with Crippen LogP contribution in [0.15, 0.2) is 48.9 Å². The van der Waals surface area contributed by atoms with Gasteiger partial charge in [-0.25, -0.2) is 4.39 Å². The first-order valence-electron chi connectivity index (χ1n) is 9.12. The molecule has 5 nitrogen and oxygen atoms in total. The van der Waals surface area contributed by atoms with Gasteiger partial charge in [-0.3, -0.25) is 14.9 Å². The average Bonchev–Trinajstić information content (AvgIpc) is 3.18.